The maximum absolute atomic E-state index is 5.28. The van der Waals surface area contributed by atoms with Crippen molar-refractivity contribution in [2.45, 2.75) is 25.4 Å². The number of rotatable bonds is 2. The average Bonchev–Trinajstić information content (AvgIpc) is 2.60. The minimum atomic E-state index is -0.290. The molecule has 2 atom stereocenters. The van der Waals surface area contributed by atoms with Crippen LogP contribution in [-0.4, -0.2) is 25.8 Å². The van der Waals surface area contributed by atoms with Crippen LogP contribution in [0.1, 0.15) is 12.8 Å². The van der Waals surface area contributed by atoms with Gasteiger partial charge in [0.25, 0.3) is 0 Å². The van der Waals surface area contributed by atoms with E-state index in [2.05, 4.69) is 9.78 Å². The van der Waals surface area contributed by atoms with E-state index in [1.165, 1.54) is 0 Å². The van der Waals surface area contributed by atoms with Crippen LogP contribution in [0.15, 0.2) is 0 Å². The number of hydrogen-bond donors (Lipinski definition) is 0. The average molecular weight is 162 g/mol. The molecule has 0 radical (unpaired) electrons. The molecule has 0 spiro atoms. The zero-order valence-electron chi connectivity index (χ0n) is 6.02. The fourth-order valence-corrected chi connectivity index (χ4v) is 0.984. The molecule has 0 aromatic rings. The van der Waals surface area contributed by atoms with Crippen LogP contribution in [0.5, 0.6) is 0 Å². The van der Waals surface area contributed by atoms with Crippen molar-refractivity contribution in [2.24, 2.45) is 0 Å². The zero-order valence-corrected chi connectivity index (χ0v) is 6.02. The van der Waals surface area contributed by atoms with Gasteiger partial charge >= 0.3 is 0 Å². The predicted molar refractivity (Wildman–Crippen MR) is 32.0 cm³/mol. The third-order valence-corrected chi connectivity index (χ3v) is 1.53. The summed E-state index contributed by atoms with van der Waals surface area (Å²) in [7, 11) is 0. The van der Waals surface area contributed by atoms with Crippen molar-refractivity contribution < 1.29 is 24.3 Å². The molecular weight excluding hydrogens is 152 g/mol. The summed E-state index contributed by atoms with van der Waals surface area (Å²) in [6, 6.07) is 0. The van der Waals surface area contributed by atoms with Crippen LogP contribution in [0.4, 0.5) is 0 Å². The van der Waals surface area contributed by atoms with Gasteiger partial charge in [0.1, 0.15) is 0 Å². The molecule has 2 aliphatic rings. The molecule has 11 heavy (non-hydrogen) atoms. The van der Waals surface area contributed by atoms with Gasteiger partial charge < -0.3 is 4.74 Å². The Bertz CT molecular complexity index is 102. The van der Waals surface area contributed by atoms with E-state index in [9.17, 15) is 0 Å². The van der Waals surface area contributed by atoms with Crippen molar-refractivity contribution in [3.8, 4) is 0 Å². The summed E-state index contributed by atoms with van der Waals surface area (Å²) in [4.78, 5) is 18.8. The van der Waals surface area contributed by atoms with Crippen LogP contribution >= 0.6 is 0 Å². The van der Waals surface area contributed by atoms with Crippen LogP contribution in [0.2, 0.25) is 0 Å². The van der Waals surface area contributed by atoms with Gasteiger partial charge in [-0.15, -0.1) is 0 Å². The summed E-state index contributed by atoms with van der Waals surface area (Å²) < 4.78 is 5.28. The molecule has 0 aromatic carbocycles. The van der Waals surface area contributed by atoms with Crippen molar-refractivity contribution in [1.29, 1.82) is 0 Å². The van der Waals surface area contributed by atoms with Gasteiger partial charge in [0.2, 0.25) is 0 Å². The first-order chi connectivity index (χ1) is 5.45. The Morgan fingerprint density at radius 1 is 0.909 bits per heavy atom. The van der Waals surface area contributed by atoms with Gasteiger partial charge in [-0.3, -0.25) is 0 Å². The second-order valence-corrected chi connectivity index (χ2v) is 2.41. The number of hydrogen-bond acceptors (Lipinski definition) is 5. The van der Waals surface area contributed by atoms with Crippen LogP contribution in [0.3, 0.4) is 0 Å². The molecule has 5 nitrogen and oxygen atoms in total. The van der Waals surface area contributed by atoms with E-state index in [1.54, 1.807) is 0 Å². The molecule has 2 rings (SSSR count). The van der Waals surface area contributed by atoms with E-state index in [4.69, 9.17) is 14.5 Å². The normalized spacial score (nSPS) is 38.2. The highest BCUT2D eigenvalue weighted by Crippen LogP contribution is 2.17. The standard InChI is InChI=1S/C6H10O5/c1-3-7-10-5(1)9-6-2-4-8-11-6/h5-6H,1-4H2. The quantitative estimate of drug-likeness (QED) is 0.548. The maximum atomic E-state index is 5.28. The zero-order chi connectivity index (χ0) is 7.52. The first kappa shape index (κ1) is 7.45. The largest absolute Gasteiger partial charge is 0.317 e. The van der Waals surface area contributed by atoms with Crippen LogP contribution < -0.4 is 0 Å². The summed E-state index contributed by atoms with van der Waals surface area (Å²) in [5, 5.41) is 0. The molecule has 2 unspecified atom stereocenters. The molecule has 2 fully saturated rings. The van der Waals surface area contributed by atoms with Crippen LogP contribution in [0, 0.1) is 0 Å². The molecule has 0 aromatic heterocycles. The van der Waals surface area contributed by atoms with E-state index < -0.39 is 0 Å². The summed E-state index contributed by atoms with van der Waals surface area (Å²) >= 11 is 0. The fraction of sp³-hybridized carbons (Fsp3) is 1.00. The fourth-order valence-electron chi connectivity index (χ4n) is 0.984. The number of ether oxygens (including phenoxy) is 1. The van der Waals surface area contributed by atoms with Crippen LogP contribution in [0.25, 0.3) is 0 Å². The highest BCUT2D eigenvalue weighted by atomic mass is 17.3. The van der Waals surface area contributed by atoms with Gasteiger partial charge in [-0.1, -0.05) is 0 Å². The van der Waals surface area contributed by atoms with Crippen molar-refractivity contribution in [3.63, 3.8) is 0 Å². The lowest BCUT2D eigenvalue weighted by atomic mass is 10.4. The van der Waals surface area contributed by atoms with Gasteiger partial charge in [0.15, 0.2) is 12.6 Å². The van der Waals surface area contributed by atoms with Crippen molar-refractivity contribution in [3.05, 3.63) is 0 Å². The van der Waals surface area contributed by atoms with E-state index in [0.717, 1.165) is 12.8 Å². The second-order valence-electron chi connectivity index (χ2n) is 2.41. The molecule has 0 aliphatic carbocycles. The highest BCUT2D eigenvalue weighted by Gasteiger charge is 2.26. The maximum Gasteiger partial charge on any atom is 0.196 e. The van der Waals surface area contributed by atoms with E-state index in [0.29, 0.717) is 13.2 Å². The lowest BCUT2D eigenvalue weighted by Crippen LogP contribution is -2.20. The SMILES string of the molecule is C1CC(OC2CCOO2)OO1. The van der Waals surface area contributed by atoms with Crippen molar-refractivity contribution >= 4 is 0 Å². The minimum Gasteiger partial charge on any atom is -0.317 e. The predicted octanol–water partition coefficient (Wildman–Crippen LogP) is 0.359. The van der Waals surface area contributed by atoms with Crippen molar-refractivity contribution in [2.75, 3.05) is 13.2 Å². The van der Waals surface area contributed by atoms with Gasteiger partial charge in [-0.05, 0) is 0 Å². The van der Waals surface area contributed by atoms with Gasteiger partial charge in [-0.25, -0.2) is 19.6 Å². The molecule has 2 aliphatic heterocycles. The Labute approximate surface area is 64.0 Å². The van der Waals surface area contributed by atoms with Crippen molar-refractivity contribution in [1.82, 2.24) is 0 Å². The highest BCUT2D eigenvalue weighted by molar-refractivity contribution is 4.51. The third-order valence-electron chi connectivity index (χ3n) is 1.53. The summed E-state index contributed by atoms with van der Waals surface area (Å²) in [6.45, 7) is 1.16. The Kier molecular flexibility index (Phi) is 2.35. The lowest BCUT2D eigenvalue weighted by Gasteiger charge is -2.11. The summed E-state index contributed by atoms with van der Waals surface area (Å²) in [6.07, 6.45) is 0.920. The summed E-state index contributed by atoms with van der Waals surface area (Å²) in [5.74, 6) is 0. The molecule has 0 N–H and O–H groups in total. The molecular formula is C6H10O5. The molecule has 0 bridgehead atoms. The summed E-state index contributed by atoms with van der Waals surface area (Å²) in [5.41, 5.74) is 0. The first-order valence-corrected chi connectivity index (χ1v) is 3.67. The smallest absolute Gasteiger partial charge is 0.196 e. The van der Waals surface area contributed by atoms with E-state index >= 15 is 0 Å². The Morgan fingerprint density at radius 3 is 1.82 bits per heavy atom. The van der Waals surface area contributed by atoms with Gasteiger partial charge in [0, 0.05) is 12.8 Å². The topological polar surface area (TPSA) is 46.2 Å². The molecule has 0 amide bonds. The van der Waals surface area contributed by atoms with E-state index in [1.807, 2.05) is 0 Å². The second kappa shape index (κ2) is 3.46. The minimum absolute atomic E-state index is 0.290. The Balaban J connectivity index is 1.71. The Hall–Kier alpha value is -0.200. The molecule has 2 saturated heterocycles. The monoisotopic (exact) mass is 162 g/mol. The van der Waals surface area contributed by atoms with E-state index in [-0.39, 0.29) is 12.6 Å². The van der Waals surface area contributed by atoms with Crippen LogP contribution in [-0.2, 0) is 24.3 Å². The first-order valence-electron chi connectivity index (χ1n) is 3.67. The van der Waals surface area contributed by atoms with Gasteiger partial charge in [-0.2, -0.15) is 0 Å². The molecule has 2 heterocycles. The third kappa shape index (κ3) is 1.88. The van der Waals surface area contributed by atoms with Gasteiger partial charge in [0.05, 0.1) is 13.2 Å². The lowest BCUT2D eigenvalue weighted by molar-refractivity contribution is -0.389. The molecule has 64 valence electrons. The molecule has 5 heteroatoms. The Morgan fingerprint density at radius 2 is 1.45 bits per heavy atom. The molecule has 0 saturated carbocycles.